The third kappa shape index (κ3) is 5.35. The Morgan fingerprint density at radius 2 is 1.76 bits per heavy atom. The zero-order valence-corrected chi connectivity index (χ0v) is 19.1. The Kier molecular flexibility index (Phi) is 7.27. The monoisotopic (exact) mass is 464 g/mol. The molecular weight excluding hydrogens is 440 g/mol. The summed E-state index contributed by atoms with van der Waals surface area (Å²) in [6.07, 6.45) is 0. The van der Waals surface area contributed by atoms with Gasteiger partial charge < -0.3 is 14.4 Å². The molecule has 0 saturated heterocycles. The molecule has 0 bridgehead atoms. The van der Waals surface area contributed by atoms with E-state index >= 15 is 0 Å². The highest BCUT2D eigenvalue weighted by Crippen LogP contribution is 2.30. The molecule has 4 rings (SSSR count). The van der Waals surface area contributed by atoms with E-state index in [4.69, 9.17) is 21.1 Å². The summed E-state index contributed by atoms with van der Waals surface area (Å²) in [6, 6.07) is 22.3. The van der Waals surface area contributed by atoms with E-state index in [1.165, 1.54) is 4.90 Å². The highest BCUT2D eigenvalue weighted by atomic mass is 35.5. The number of halogens is 1. The van der Waals surface area contributed by atoms with Gasteiger partial charge in [0.15, 0.2) is 0 Å². The Morgan fingerprint density at radius 3 is 2.52 bits per heavy atom. The number of fused-ring (bicyclic) bond motifs is 1. The van der Waals surface area contributed by atoms with Gasteiger partial charge in [0.25, 0.3) is 5.91 Å². The molecule has 0 fully saturated rings. The van der Waals surface area contributed by atoms with Gasteiger partial charge in [0, 0.05) is 25.9 Å². The van der Waals surface area contributed by atoms with Crippen molar-refractivity contribution in [3.63, 3.8) is 0 Å². The Morgan fingerprint density at radius 1 is 1.00 bits per heavy atom. The predicted octanol–water partition coefficient (Wildman–Crippen LogP) is 4.55. The van der Waals surface area contributed by atoms with Gasteiger partial charge in [-0.2, -0.15) is 0 Å². The van der Waals surface area contributed by atoms with E-state index in [2.05, 4.69) is 0 Å². The number of rotatable bonds is 7. The third-order valence-electron chi connectivity index (χ3n) is 5.52. The van der Waals surface area contributed by atoms with Crippen molar-refractivity contribution in [2.24, 2.45) is 0 Å². The maximum absolute atomic E-state index is 13.5. The van der Waals surface area contributed by atoms with Gasteiger partial charge in [-0.25, -0.2) is 0 Å². The van der Waals surface area contributed by atoms with E-state index in [1.807, 2.05) is 54.6 Å². The summed E-state index contributed by atoms with van der Waals surface area (Å²) >= 11 is 6.49. The third-order valence-corrected chi connectivity index (χ3v) is 5.83. The second-order valence-electron chi connectivity index (χ2n) is 7.74. The molecular formula is C26H25ClN2O4. The minimum atomic E-state index is -0.330. The lowest BCUT2D eigenvalue weighted by Gasteiger charge is -2.23. The van der Waals surface area contributed by atoms with Crippen molar-refractivity contribution in [3.8, 4) is 5.75 Å². The van der Waals surface area contributed by atoms with E-state index < -0.39 is 0 Å². The number of amides is 2. The predicted molar refractivity (Wildman–Crippen MR) is 128 cm³/mol. The van der Waals surface area contributed by atoms with Crippen molar-refractivity contribution in [3.05, 3.63) is 94.5 Å². The Hall–Kier alpha value is -3.35. The maximum atomic E-state index is 13.5. The summed E-state index contributed by atoms with van der Waals surface area (Å²) in [5, 5.41) is 0.274. The van der Waals surface area contributed by atoms with Gasteiger partial charge in [-0.15, -0.1) is 0 Å². The maximum Gasteiger partial charge on any atom is 0.260 e. The zero-order chi connectivity index (χ0) is 23.2. The summed E-state index contributed by atoms with van der Waals surface area (Å²) in [4.78, 5) is 29.6. The molecule has 7 heteroatoms. The van der Waals surface area contributed by atoms with Crippen LogP contribution in [0.1, 0.15) is 21.5 Å². The van der Waals surface area contributed by atoms with Gasteiger partial charge in [-0.1, -0.05) is 60.1 Å². The molecule has 3 aromatic rings. The van der Waals surface area contributed by atoms with Crippen LogP contribution in [0.2, 0.25) is 5.02 Å². The number of carbonyl (C=O) groups is 2. The van der Waals surface area contributed by atoms with Gasteiger partial charge in [-0.3, -0.25) is 14.5 Å². The van der Waals surface area contributed by atoms with Crippen molar-refractivity contribution >= 4 is 29.1 Å². The van der Waals surface area contributed by atoms with Crippen molar-refractivity contribution < 1.29 is 19.1 Å². The second-order valence-corrected chi connectivity index (χ2v) is 8.15. The van der Waals surface area contributed by atoms with Crippen LogP contribution in [0.4, 0.5) is 5.69 Å². The van der Waals surface area contributed by atoms with E-state index in [0.717, 1.165) is 11.1 Å². The number of hydrogen-bond donors (Lipinski definition) is 0. The van der Waals surface area contributed by atoms with Crippen LogP contribution in [0, 0.1) is 0 Å². The fourth-order valence-electron chi connectivity index (χ4n) is 3.75. The first-order valence-corrected chi connectivity index (χ1v) is 11.1. The van der Waals surface area contributed by atoms with Gasteiger partial charge in [-0.05, 0) is 35.4 Å². The number of hydrogen-bond acceptors (Lipinski definition) is 4. The molecule has 0 spiro atoms. The molecule has 1 aliphatic rings. The molecule has 0 aromatic heterocycles. The zero-order valence-electron chi connectivity index (χ0n) is 18.4. The normalized spacial score (nSPS) is 13.5. The van der Waals surface area contributed by atoms with E-state index in [-0.39, 0.29) is 23.4 Å². The SMILES string of the molecule is COCCN1Cc2ccccc2N(C(=O)c2ccc(OCc3ccccc3)cc2Cl)CC1=O. The number of benzene rings is 3. The van der Waals surface area contributed by atoms with Crippen LogP contribution in [0.15, 0.2) is 72.8 Å². The van der Waals surface area contributed by atoms with Gasteiger partial charge in [0.2, 0.25) is 5.91 Å². The summed E-state index contributed by atoms with van der Waals surface area (Å²) in [6.45, 7) is 1.64. The van der Waals surface area contributed by atoms with E-state index in [1.54, 1.807) is 30.2 Å². The summed E-state index contributed by atoms with van der Waals surface area (Å²) in [5.74, 6) is 0.0954. The minimum Gasteiger partial charge on any atom is -0.489 e. The molecule has 1 heterocycles. The Labute approximate surface area is 198 Å². The van der Waals surface area contributed by atoms with E-state index in [0.29, 0.717) is 43.3 Å². The van der Waals surface area contributed by atoms with Crippen molar-refractivity contribution in [2.75, 3.05) is 31.7 Å². The van der Waals surface area contributed by atoms with Crippen molar-refractivity contribution in [1.82, 2.24) is 4.90 Å². The molecule has 2 amide bonds. The van der Waals surface area contributed by atoms with Gasteiger partial charge >= 0.3 is 0 Å². The topological polar surface area (TPSA) is 59.1 Å². The van der Waals surface area contributed by atoms with Crippen LogP contribution in [0.25, 0.3) is 0 Å². The molecule has 0 N–H and O–H groups in total. The number of carbonyl (C=O) groups excluding carboxylic acids is 2. The van der Waals surface area contributed by atoms with E-state index in [9.17, 15) is 9.59 Å². The Bertz CT molecular complexity index is 1140. The smallest absolute Gasteiger partial charge is 0.260 e. The van der Waals surface area contributed by atoms with Crippen LogP contribution < -0.4 is 9.64 Å². The average molecular weight is 465 g/mol. The number of para-hydroxylation sites is 1. The lowest BCUT2D eigenvalue weighted by molar-refractivity contribution is -0.130. The van der Waals surface area contributed by atoms with Crippen LogP contribution in [-0.4, -0.2) is 43.5 Å². The molecule has 1 aliphatic heterocycles. The second kappa shape index (κ2) is 10.5. The molecule has 0 unspecified atom stereocenters. The average Bonchev–Trinajstić information content (AvgIpc) is 2.98. The molecule has 6 nitrogen and oxygen atoms in total. The molecule has 33 heavy (non-hydrogen) atoms. The quantitative estimate of drug-likeness (QED) is 0.514. The summed E-state index contributed by atoms with van der Waals surface area (Å²) in [5.41, 5.74) is 2.95. The number of nitrogens with zero attached hydrogens (tertiary/aromatic N) is 2. The first-order valence-electron chi connectivity index (χ1n) is 10.7. The van der Waals surface area contributed by atoms with Crippen molar-refractivity contribution in [1.29, 1.82) is 0 Å². The number of anilines is 1. The molecule has 0 aliphatic carbocycles. The first kappa shape index (κ1) is 22.8. The van der Waals surface area contributed by atoms with Crippen LogP contribution in [0.5, 0.6) is 5.75 Å². The fourth-order valence-corrected chi connectivity index (χ4v) is 4.01. The molecule has 0 saturated carbocycles. The van der Waals surface area contributed by atoms with Crippen LogP contribution in [-0.2, 0) is 22.7 Å². The highest BCUT2D eigenvalue weighted by molar-refractivity contribution is 6.34. The summed E-state index contributed by atoms with van der Waals surface area (Å²) < 4.78 is 11.0. The molecule has 0 radical (unpaired) electrons. The van der Waals surface area contributed by atoms with Crippen LogP contribution in [0.3, 0.4) is 0 Å². The van der Waals surface area contributed by atoms with Crippen molar-refractivity contribution in [2.45, 2.75) is 13.2 Å². The fraction of sp³-hybridized carbons (Fsp3) is 0.231. The summed E-state index contributed by atoms with van der Waals surface area (Å²) in [7, 11) is 1.60. The standard InChI is InChI=1S/C26H25ClN2O4/c1-32-14-13-28-16-20-9-5-6-10-24(20)29(17-25(28)30)26(31)22-12-11-21(15-23(22)27)33-18-19-7-3-2-4-8-19/h2-12,15H,13-14,16-18H2,1H3. The van der Waals surface area contributed by atoms with Gasteiger partial charge in [0.05, 0.1) is 17.2 Å². The Balaban J connectivity index is 1.56. The number of methoxy groups -OCH3 is 1. The molecule has 3 aromatic carbocycles. The van der Waals surface area contributed by atoms with Gasteiger partial charge in [0.1, 0.15) is 18.9 Å². The lowest BCUT2D eigenvalue weighted by Crippen LogP contribution is -2.41. The molecule has 0 atom stereocenters. The molecule has 170 valence electrons. The first-order chi connectivity index (χ1) is 16.1. The lowest BCUT2D eigenvalue weighted by atomic mass is 10.1. The highest BCUT2D eigenvalue weighted by Gasteiger charge is 2.30. The number of ether oxygens (including phenoxy) is 2. The minimum absolute atomic E-state index is 0.0673. The largest absolute Gasteiger partial charge is 0.489 e. The van der Waals surface area contributed by atoms with Crippen LogP contribution >= 0.6 is 11.6 Å².